The van der Waals surface area contributed by atoms with E-state index >= 15 is 0 Å². The lowest BCUT2D eigenvalue weighted by molar-refractivity contribution is -0.197. The molecule has 0 aliphatic rings. The molecule has 56 heavy (non-hydrogen) atoms. The number of carbonyl (C=O) groups excluding carboxylic acids is 5. The Kier molecular flexibility index (Phi) is 26.5. The number of carbonyl (C=O) groups is 6. The quantitative estimate of drug-likeness (QED) is 0.0311. The molecule has 0 aromatic rings. The van der Waals surface area contributed by atoms with Gasteiger partial charge in [0.25, 0.3) is 5.54 Å². The third-order valence-electron chi connectivity index (χ3n) is 10.5. The normalized spacial score (nSPS) is 17.1. The van der Waals surface area contributed by atoms with E-state index in [4.69, 9.17) is 34.4 Å². The number of carboxylic acid groups (broad SMARTS) is 1. The molecule has 8 unspecified atom stereocenters. The molecule has 326 valence electrons. The van der Waals surface area contributed by atoms with Gasteiger partial charge in [0.2, 0.25) is 17.4 Å². The summed E-state index contributed by atoms with van der Waals surface area (Å²) in [6.45, 7) is 4.55. The molecule has 0 bridgehead atoms. The minimum absolute atomic E-state index is 0.0221. The summed E-state index contributed by atoms with van der Waals surface area (Å²) in [5.41, 5.74) is 27.2. The first-order chi connectivity index (χ1) is 26.4. The van der Waals surface area contributed by atoms with Crippen LogP contribution in [0.5, 0.6) is 0 Å². The average Bonchev–Trinajstić information content (AvgIpc) is 3.16. The molecule has 2 amide bonds. The van der Waals surface area contributed by atoms with Crippen LogP contribution in [0.3, 0.4) is 0 Å². The second-order valence-corrected chi connectivity index (χ2v) is 15.2. The lowest BCUT2D eigenvalue weighted by Gasteiger charge is -2.49. The van der Waals surface area contributed by atoms with Crippen molar-refractivity contribution in [2.45, 2.75) is 197 Å². The third kappa shape index (κ3) is 14.9. The Morgan fingerprint density at radius 1 is 0.571 bits per heavy atom. The van der Waals surface area contributed by atoms with E-state index in [1.807, 2.05) is 0 Å². The van der Waals surface area contributed by atoms with E-state index in [0.717, 1.165) is 46.0 Å². The molecule has 17 nitrogen and oxygen atoms in total. The molecule has 0 aromatic carbocycles. The highest BCUT2D eigenvalue weighted by Crippen LogP contribution is 2.38. The zero-order chi connectivity index (χ0) is 43.1. The summed E-state index contributed by atoms with van der Waals surface area (Å²) in [4.78, 5) is 85.7. The number of nitrogens with two attached hydrogens (primary N) is 6. The fourth-order valence-corrected chi connectivity index (χ4v) is 6.77. The smallest absolute Gasteiger partial charge is 0.342 e. The number of ketones is 3. The summed E-state index contributed by atoms with van der Waals surface area (Å²) in [6.07, 6.45) is 8.49. The Bertz CT molecular complexity index is 1220. The van der Waals surface area contributed by atoms with Crippen molar-refractivity contribution >= 4 is 35.1 Å². The van der Waals surface area contributed by atoms with Crippen LogP contribution in [0.1, 0.15) is 149 Å². The van der Waals surface area contributed by atoms with Crippen LogP contribution in [0.15, 0.2) is 0 Å². The van der Waals surface area contributed by atoms with E-state index in [0.29, 0.717) is 25.7 Å². The van der Waals surface area contributed by atoms with Gasteiger partial charge >= 0.3 is 5.97 Å². The number of aliphatic hydroxyl groups excluding tert-OH is 2. The highest BCUT2D eigenvalue weighted by Gasteiger charge is 2.75. The first kappa shape index (κ1) is 53.3. The van der Waals surface area contributed by atoms with Crippen molar-refractivity contribution in [1.82, 2.24) is 4.90 Å². The fourth-order valence-electron chi connectivity index (χ4n) is 6.77. The van der Waals surface area contributed by atoms with Crippen molar-refractivity contribution < 1.29 is 49.2 Å². The van der Waals surface area contributed by atoms with E-state index in [1.165, 1.54) is 32.1 Å². The van der Waals surface area contributed by atoms with E-state index in [9.17, 15) is 49.2 Å². The van der Waals surface area contributed by atoms with Crippen LogP contribution in [0.2, 0.25) is 0 Å². The lowest BCUT2D eigenvalue weighted by Crippen LogP contribution is -2.84. The van der Waals surface area contributed by atoms with Crippen LogP contribution < -0.4 is 34.4 Å². The Hall–Kier alpha value is -2.74. The van der Waals surface area contributed by atoms with E-state index in [2.05, 4.69) is 6.92 Å². The number of unbranched alkanes of at least 4 members (excludes halogenated alkanes) is 14. The maximum atomic E-state index is 14.6. The van der Waals surface area contributed by atoms with Crippen LogP contribution >= 0.6 is 0 Å². The fraction of sp³-hybridized carbons (Fsp3) is 0.846. The van der Waals surface area contributed by atoms with Gasteiger partial charge in [-0.1, -0.05) is 96.8 Å². The van der Waals surface area contributed by atoms with Gasteiger partial charge in [0.15, 0.2) is 17.3 Å². The molecule has 0 heterocycles. The van der Waals surface area contributed by atoms with Crippen molar-refractivity contribution in [3.8, 4) is 0 Å². The van der Waals surface area contributed by atoms with Gasteiger partial charge in [-0.25, -0.2) is 4.79 Å². The maximum Gasteiger partial charge on any atom is 0.342 e. The molecular formula is C39H75N7O10. The predicted octanol–water partition coefficient (Wildman–Crippen LogP) is 0.414. The number of Topliss-reactive ketones (excluding diaryl/α,β-unsaturated/α-hetero) is 3. The highest BCUT2D eigenvalue weighted by molar-refractivity contribution is 6.29. The van der Waals surface area contributed by atoms with Gasteiger partial charge < -0.3 is 54.8 Å². The molecule has 0 aliphatic carbocycles. The first-order valence-corrected chi connectivity index (χ1v) is 20.6. The van der Waals surface area contributed by atoms with Crippen molar-refractivity contribution in [2.24, 2.45) is 34.4 Å². The van der Waals surface area contributed by atoms with Crippen LogP contribution in [-0.2, 0) is 28.8 Å². The van der Waals surface area contributed by atoms with Gasteiger partial charge in [-0.05, 0) is 59.0 Å². The molecule has 0 radical (unpaired) electrons. The van der Waals surface area contributed by atoms with Gasteiger partial charge in [0, 0.05) is 6.42 Å². The van der Waals surface area contributed by atoms with Gasteiger partial charge in [0.05, 0.1) is 30.3 Å². The third-order valence-corrected chi connectivity index (χ3v) is 10.5. The molecule has 0 rings (SSSR count). The summed E-state index contributed by atoms with van der Waals surface area (Å²) in [7, 11) is 0. The molecule has 0 saturated heterocycles. The first-order valence-electron chi connectivity index (χ1n) is 20.6. The summed E-state index contributed by atoms with van der Waals surface area (Å²) < 4.78 is 0. The number of nitrogens with zero attached hydrogens (tertiary/aromatic N) is 1. The molecule has 17 heteroatoms. The van der Waals surface area contributed by atoms with Gasteiger partial charge in [-0.2, -0.15) is 0 Å². The largest absolute Gasteiger partial charge is 0.479 e. The van der Waals surface area contributed by atoms with Gasteiger partial charge in [-0.3, -0.25) is 28.9 Å². The molecular weight excluding hydrogens is 726 g/mol. The highest BCUT2D eigenvalue weighted by atomic mass is 16.4. The van der Waals surface area contributed by atoms with Gasteiger partial charge in [-0.15, -0.1) is 0 Å². The number of aliphatic carboxylic acids is 1. The Morgan fingerprint density at radius 3 is 1.38 bits per heavy atom. The molecule has 0 spiro atoms. The summed E-state index contributed by atoms with van der Waals surface area (Å²) >= 11 is 0. The number of hydrogen-bond donors (Lipinski definition) is 10. The van der Waals surface area contributed by atoms with Crippen LogP contribution in [0.4, 0.5) is 0 Å². The summed E-state index contributed by atoms with van der Waals surface area (Å²) in [6, 6.07) is -8.03. The maximum absolute atomic E-state index is 14.6. The predicted molar refractivity (Wildman–Crippen MR) is 214 cm³/mol. The monoisotopic (exact) mass is 802 g/mol. The second-order valence-electron chi connectivity index (χ2n) is 15.2. The Balaban J connectivity index is 7.27. The number of rotatable bonds is 34. The van der Waals surface area contributed by atoms with E-state index < -0.39 is 89.1 Å². The van der Waals surface area contributed by atoms with Crippen molar-refractivity contribution in [2.75, 3.05) is 13.1 Å². The zero-order valence-corrected chi connectivity index (χ0v) is 34.2. The minimum Gasteiger partial charge on any atom is -0.479 e. The van der Waals surface area contributed by atoms with E-state index in [1.54, 1.807) is 0 Å². The van der Waals surface area contributed by atoms with Crippen molar-refractivity contribution in [3.05, 3.63) is 0 Å². The molecule has 16 N–H and O–H groups in total. The zero-order valence-electron chi connectivity index (χ0n) is 34.2. The second kappa shape index (κ2) is 27.8. The average molecular weight is 802 g/mol. The minimum atomic E-state index is -4.19. The molecule has 8 atom stereocenters. The number of amides is 2. The summed E-state index contributed by atoms with van der Waals surface area (Å²) in [5.74, 6) is -11.1. The number of imide groups is 1. The van der Waals surface area contributed by atoms with Crippen molar-refractivity contribution in [1.29, 1.82) is 0 Å². The van der Waals surface area contributed by atoms with Crippen LogP contribution in [-0.4, -0.2) is 121 Å². The SMILES string of the molecule is CCCCCCCCCCCCCCCC(=O)C(O)(C(=O)C(N)CCCCN)C(C(=O)O)(C(=O)C(N)C(C)O)N(C(=O)C(N)CCCCN)C(=O)C(N)C(C)O. The van der Waals surface area contributed by atoms with Crippen molar-refractivity contribution in [3.63, 3.8) is 0 Å². The number of carboxylic acids is 1. The summed E-state index contributed by atoms with van der Waals surface area (Å²) in [5, 5.41) is 44.6. The Morgan fingerprint density at radius 2 is 0.982 bits per heavy atom. The van der Waals surface area contributed by atoms with E-state index in [-0.39, 0.29) is 50.1 Å². The Labute approximate surface area is 333 Å². The standard InChI is InChI=1S/C39H75N7O10/c1-4-5-6-7-8-9-10-11-12-13-14-15-16-23-30(49)39(56,33(50)28(42)21-17-19-24-40)38(37(54)55,34(51)31(44)26(2)47)46(36(53)32(45)27(3)48)35(52)29(43)22-18-20-25-41/h26-29,31-32,47-48,56H,4-25,40-45H2,1-3H3,(H,54,55). The van der Waals surface area contributed by atoms with Crippen LogP contribution in [0, 0.1) is 0 Å². The molecule has 0 saturated carbocycles. The molecule has 0 aliphatic heterocycles. The number of hydrogen-bond acceptors (Lipinski definition) is 15. The lowest BCUT2D eigenvalue weighted by atomic mass is 9.65. The number of aliphatic hydroxyl groups is 3. The van der Waals surface area contributed by atoms with Gasteiger partial charge in [0.1, 0.15) is 6.04 Å². The topological polar surface area (TPSA) is 343 Å². The molecule has 0 fully saturated rings. The molecule has 0 aromatic heterocycles. The van der Waals surface area contributed by atoms with Crippen LogP contribution in [0.25, 0.3) is 0 Å².